The Morgan fingerprint density at radius 1 is 0.971 bits per heavy atom. The molecule has 9 heteroatoms. The zero-order chi connectivity index (χ0) is 24.7. The van der Waals surface area contributed by atoms with Crippen molar-refractivity contribution in [2.45, 2.75) is 33.7 Å². The number of benzene rings is 2. The molecule has 180 valence electrons. The van der Waals surface area contributed by atoms with Crippen LogP contribution in [-0.2, 0) is 9.53 Å². The summed E-state index contributed by atoms with van der Waals surface area (Å²) in [6, 6.07) is 13.6. The van der Waals surface area contributed by atoms with Gasteiger partial charge in [-0.3, -0.25) is 0 Å². The molecular weight excluding hydrogens is 452 g/mol. The Morgan fingerprint density at radius 2 is 1.56 bits per heavy atom. The van der Waals surface area contributed by atoms with Crippen LogP contribution in [0.25, 0.3) is 0 Å². The molecule has 8 nitrogen and oxygen atoms in total. The van der Waals surface area contributed by atoms with Gasteiger partial charge in [-0.2, -0.15) is 0 Å². The van der Waals surface area contributed by atoms with Crippen LogP contribution in [0.15, 0.2) is 59.8 Å². The van der Waals surface area contributed by atoms with Gasteiger partial charge in [-0.25, -0.2) is 9.59 Å². The van der Waals surface area contributed by atoms with Crippen LogP contribution in [0.2, 0.25) is 0 Å². The van der Waals surface area contributed by atoms with Crippen LogP contribution in [0.3, 0.4) is 0 Å². The Hall–Kier alpha value is -3.59. The van der Waals surface area contributed by atoms with Crippen molar-refractivity contribution in [2.75, 3.05) is 30.4 Å². The molecule has 2 aromatic rings. The van der Waals surface area contributed by atoms with E-state index in [1.807, 2.05) is 37.8 Å². The predicted octanol–water partition coefficient (Wildman–Crippen LogP) is 4.82. The van der Waals surface area contributed by atoms with E-state index in [0.29, 0.717) is 35.2 Å². The average molecular weight is 483 g/mol. The fourth-order valence-corrected chi connectivity index (χ4v) is 4.12. The Balaban J connectivity index is 1.73. The maximum Gasteiger partial charge on any atom is 0.338 e. The lowest BCUT2D eigenvalue weighted by atomic mass is 9.95. The number of carbonyl (C=O) groups is 2. The van der Waals surface area contributed by atoms with E-state index in [9.17, 15) is 9.59 Å². The van der Waals surface area contributed by atoms with E-state index in [2.05, 4.69) is 16.0 Å². The smallest absolute Gasteiger partial charge is 0.338 e. The summed E-state index contributed by atoms with van der Waals surface area (Å²) in [6.45, 7) is 9.04. The number of ether oxygens (including phenoxy) is 2. The first kappa shape index (κ1) is 25.0. The molecule has 3 rings (SSSR count). The van der Waals surface area contributed by atoms with E-state index >= 15 is 0 Å². The van der Waals surface area contributed by atoms with Gasteiger partial charge >= 0.3 is 12.0 Å². The summed E-state index contributed by atoms with van der Waals surface area (Å²) < 4.78 is 10.7. The highest BCUT2D eigenvalue weighted by molar-refractivity contribution is 7.80. The molecule has 2 aromatic carbocycles. The zero-order valence-corrected chi connectivity index (χ0v) is 20.6. The predicted molar refractivity (Wildman–Crippen MR) is 137 cm³/mol. The van der Waals surface area contributed by atoms with Gasteiger partial charge < -0.3 is 30.3 Å². The summed E-state index contributed by atoms with van der Waals surface area (Å²) in [4.78, 5) is 27.0. The van der Waals surface area contributed by atoms with Crippen LogP contribution in [0.5, 0.6) is 5.75 Å². The van der Waals surface area contributed by atoms with Crippen LogP contribution >= 0.6 is 12.2 Å². The highest BCUT2D eigenvalue weighted by Crippen LogP contribution is 2.32. The molecule has 1 unspecified atom stereocenters. The third-order valence-corrected chi connectivity index (χ3v) is 5.67. The second-order valence-corrected chi connectivity index (χ2v) is 7.89. The van der Waals surface area contributed by atoms with Crippen molar-refractivity contribution in [3.63, 3.8) is 0 Å². The monoisotopic (exact) mass is 482 g/mol. The fraction of sp³-hybridized carbons (Fsp3) is 0.320. The molecule has 0 aliphatic carbocycles. The minimum absolute atomic E-state index is 0.283. The second kappa shape index (κ2) is 11.5. The number of nitrogens with one attached hydrogen (secondary N) is 3. The van der Waals surface area contributed by atoms with Crippen LogP contribution in [-0.4, -0.2) is 41.8 Å². The number of allylic oxidation sites excluding steroid dienone is 1. The third kappa shape index (κ3) is 5.85. The number of thiocarbonyl (C=S) groups is 1. The molecule has 34 heavy (non-hydrogen) atoms. The summed E-state index contributed by atoms with van der Waals surface area (Å²) >= 11 is 5.51. The molecule has 2 amide bonds. The number of esters is 1. The second-order valence-electron chi connectivity index (χ2n) is 7.50. The molecular formula is C25H30N4O4S. The number of amides is 2. The first-order valence-corrected chi connectivity index (χ1v) is 11.6. The van der Waals surface area contributed by atoms with Gasteiger partial charge in [0.05, 0.1) is 24.8 Å². The van der Waals surface area contributed by atoms with Crippen molar-refractivity contribution >= 4 is 40.7 Å². The van der Waals surface area contributed by atoms with Gasteiger partial charge in [0.2, 0.25) is 0 Å². The quantitative estimate of drug-likeness (QED) is 0.367. The van der Waals surface area contributed by atoms with Crippen LogP contribution in [0.1, 0.15) is 39.3 Å². The molecule has 1 heterocycles. The average Bonchev–Trinajstić information content (AvgIpc) is 2.81. The summed E-state index contributed by atoms with van der Waals surface area (Å²) in [7, 11) is 0. The third-order valence-electron chi connectivity index (χ3n) is 5.33. The van der Waals surface area contributed by atoms with Crippen molar-refractivity contribution in [3.8, 4) is 5.75 Å². The Bertz CT molecular complexity index is 1070. The normalized spacial score (nSPS) is 15.5. The molecule has 0 spiro atoms. The number of urea groups is 1. The van der Waals surface area contributed by atoms with Gasteiger partial charge in [-0.1, -0.05) is 12.1 Å². The molecule has 3 N–H and O–H groups in total. The Labute approximate surface area is 205 Å². The first-order valence-electron chi connectivity index (χ1n) is 11.2. The maximum atomic E-state index is 12.7. The van der Waals surface area contributed by atoms with E-state index in [1.165, 1.54) is 0 Å². The van der Waals surface area contributed by atoms with E-state index in [-0.39, 0.29) is 18.6 Å². The standard InChI is InChI=1S/C25H30N4O4S/c1-5-29-16(4)21(23(30)33-7-3)22(28-25(29)34)17-8-10-18(11-9-17)26-24(31)27-19-12-14-20(15-13-19)32-6-2/h8-15,22H,5-7H2,1-4H3,(H,28,34)(H2,26,27,31). The number of hydrogen-bond acceptors (Lipinski definition) is 5. The molecule has 0 aromatic heterocycles. The molecule has 0 saturated carbocycles. The maximum absolute atomic E-state index is 12.7. The van der Waals surface area contributed by atoms with E-state index in [4.69, 9.17) is 21.7 Å². The number of hydrogen-bond donors (Lipinski definition) is 3. The van der Waals surface area contributed by atoms with Gasteiger partial charge in [0, 0.05) is 23.6 Å². The minimum Gasteiger partial charge on any atom is -0.494 e. The van der Waals surface area contributed by atoms with Gasteiger partial charge in [0.15, 0.2) is 5.11 Å². The Morgan fingerprint density at radius 3 is 2.09 bits per heavy atom. The van der Waals surface area contributed by atoms with Crippen LogP contribution in [0, 0.1) is 0 Å². The van der Waals surface area contributed by atoms with Gasteiger partial charge in [-0.05, 0) is 81.9 Å². The number of nitrogens with zero attached hydrogens (tertiary/aromatic N) is 1. The largest absolute Gasteiger partial charge is 0.494 e. The van der Waals surface area contributed by atoms with Crippen molar-refractivity contribution in [2.24, 2.45) is 0 Å². The first-order chi connectivity index (χ1) is 16.4. The highest BCUT2D eigenvalue weighted by atomic mass is 32.1. The number of anilines is 2. The number of rotatable bonds is 8. The van der Waals surface area contributed by atoms with Crippen molar-refractivity contribution in [3.05, 3.63) is 65.4 Å². The molecule has 1 aliphatic heterocycles. The molecule has 1 aliphatic rings. The lowest BCUT2D eigenvalue weighted by molar-refractivity contribution is -0.139. The Kier molecular flexibility index (Phi) is 8.48. The summed E-state index contributed by atoms with van der Waals surface area (Å²) in [5.41, 5.74) is 3.38. The molecule has 1 atom stereocenters. The zero-order valence-electron chi connectivity index (χ0n) is 19.8. The molecule has 0 radical (unpaired) electrons. The lowest BCUT2D eigenvalue weighted by Gasteiger charge is -2.37. The van der Waals surface area contributed by atoms with E-state index < -0.39 is 6.04 Å². The molecule has 0 bridgehead atoms. The minimum atomic E-state index is -0.443. The van der Waals surface area contributed by atoms with Gasteiger partial charge in [0.1, 0.15) is 5.75 Å². The van der Waals surface area contributed by atoms with Crippen molar-refractivity contribution < 1.29 is 19.1 Å². The van der Waals surface area contributed by atoms with Crippen LogP contribution < -0.4 is 20.7 Å². The van der Waals surface area contributed by atoms with Crippen LogP contribution in [0.4, 0.5) is 16.2 Å². The van der Waals surface area contributed by atoms with Crippen molar-refractivity contribution in [1.82, 2.24) is 10.2 Å². The van der Waals surface area contributed by atoms with Gasteiger partial charge in [-0.15, -0.1) is 0 Å². The fourth-order valence-electron chi connectivity index (χ4n) is 3.74. The highest BCUT2D eigenvalue weighted by Gasteiger charge is 2.34. The summed E-state index contributed by atoms with van der Waals surface area (Å²) in [6.07, 6.45) is 0. The number of carbonyl (C=O) groups excluding carboxylic acids is 2. The molecule has 0 saturated heterocycles. The lowest BCUT2D eigenvalue weighted by Crippen LogP contribution is -2.47. The summed E-state index contributed by atoms with van der Waals surface area (Å²) in [5.74, 6) is 0.365. The SMILES string of the molecule is CCOC(=O)C1=C(C)N(CC)C(=S)NC1c1ccc(NC(=O)Nc2ccc(OCC)cc2)cc1. The van der Waals surface area contributed by atoms with Gasteiger partial charge in [0.25, 0.3) is 0 Å². The van der Waals surface area contributed by atoms with Crippen molar-refractivity contribution in [1.29, 1.82) is 0 Å². The molecule has 0 fully saturated rings. The van der Waals surface area contributed by atoms with E-state index in [1.54, 1.807) is 43.3 Å². The van der Waals surface area contributed by atoms with E-state index in [0.717, 1.165) is 17.0 Å². The summed E-state index contributed by atoms with van der Waals surface area (Å²) in [5, 5.41) is 9.40. The topological polar surface area (TPSA) is 91.9 Å².